The van der Waals surface area contributed by atoms with E-state index in [4.69, 9.17) is 23.2 Å². The molecule has 0 bridgehead atoms. The molecule has 1 amide bonds. The van der Waals surface area contributed by atoms with Crippen molar-refractivity contribution in [3.05, 3.63) is 107 Å². The van der Waals surface area contributed by atoms with E-state index in [1.54, 1.807) is 12.1 Å². The second-order valence-electron chi connectivity index (χ2n) is 8.63. The van der Waals surface area contributed by atoms with E-state index in [2.05, 4.69) is 5.32 Å². The van der Waals surface area contributed by atoms with Crippen LogP contribution < -0.4 is 5.32 Å². The monoisotopic (exact) mass is 579 g/mol. The number of hydrogen-bond acceptors (Lipinski definition) is 6. The van der Waals surface area contributed by atoms with Crippen LogP contribution in [0.25, 0.3) is 21.9 Å². The molecule has 0 aromatic heterocycles. The fourth-order valence-electron chi connectivity index (χ4n) is 4.11. The van der Waals surface area contributed by atoms with Gasteiger partial charge in [0.15, 0.2) is 11.5 Å². The Morgan fingerprint density at radius 3 is 2.08 bits per heavy atom. The van der Waals surface area contributed by atoms with Gasteiger partial charge in [-0.3, -0.25) is 4.79 Å². The number of amides is 1. The van der Waals surface area contributed by atoms with Gasteiger partial charge in [0.1, 0.15) is 0 Å². The molecule has 0 aliphatic carbocycles. The summed E-state index contributed by atoms with van der Waals surface area (Å²) in [5, 5.41) is 36.2. The van der Waals surface area contributed by atoms with E-state index in [9.17, 15) is 28.5 Å². The Bertz CT molecular complexity index is 1870. The third-order valence-corrected chi connectivity index (χ3v) is 8.52. The highest BCUT2D eigenvalue weighted by Gasteiger charge is 2.24. The number of aromatic hydroxyl groups is 3. The second kappa shape index (κ2) is 10.1. The maximum atomic E-state index is 13.2. The van der Waals surface area contributed by atoms with Crippen molar-refractivity contribution in [2.75, 3.05) is 5.32 Å². The minimum absolute atomic E-state index is 0.00683. The molecule has 196 valence electrons. The molecule has 5 aromatic carbocycles. The van der Waals surface area contributed by atoms with Gasteiger partial charge in [-0.25, -0.2) is 8.42 Å². The first-order valence-corrected chi connectivity index (χ1v) is 13.7. The van der Waals surface area contributed by atoms with Gasteiger partial charge in [-0.1, -0.05) is 59.6 Å². The molecule has 4 N–H and O–H groups in total. The Hall–Kier alpha value is -4.24. The molecule has 39 heavy (non-hydrogen) atoms. The van der Waals surface area contributed by atoms with Crippen molar-refractivity contribution in [3.8, 4) is 28.4 Å². The molecule has 0 unspecified atom stereocenters. The smallest absolute Gasteiger partial charge is 0.259 e. The summed E-state index contributed by atoms with van der Waals surface area (Å²) in [6.07, 6.45) is 0. The van der Waals surface area contributed by atoms with Crippen LogP contribution in [0.15, 0.2) is 101 Å². The van der Waals surface area contributed by atoms with Crippen molar-refractivity contribution >= 4 is 55.4 Å². The molecule has 7 nitrogen and oxygen atoms in total. The number of fused-ring (bicyclic) bond motifs is 1. The van der Waals surface area contributed by atoms with E-state index in [0.29, 0.717) is 10.6 Å². The normalized spacial score (nSPS) is 11.4. The number of carbonyl (C=O) groups is 1. The number of phenolic OH excluding ortho intramolecular Hbond substituents is 3. The highest BCUT2D eigenvalue weighted by atomic mass is 35.5. The average molecular weight is 580 g/mol. The summed E-state index contributed by atoms with van der Waals surface area (Å²) in [5.74, 6) is -3.23. The third-order valence-electron chi connectivity index (χ3n) is 6.17. The first-order chi connectivity index (χ1) is 18.6. The predicted molar refractivity (Wildman–Crippen MR) is 151 cm³/mol. The fraction of sp³-hybridized carbons (Fsp3) is 0. The van der Waals surface area contributed by atoms with Crippen LogP contribution in [-0.2, 0) is 9.84 Å². The van der Waals surface area contributed by atoms with Crippen LogP contribution in [0.4, 0.5) is 5.69 Å². The van der Waals surface area contributed by atoms with Crippen LogP contribution in [0, 0.1) is 0 Å². The van der Waals surface area contributed by atoms with Gasteiger partial charge >= 0.3 is 0 Å². The second-order valence-corrected chi connectivity index (χ2v) is 11.4. The standard InChI is InChI=1S/C29H19Cl2NO6S/c30-19-7-9-20(10-8-19)39(37,38)21-11-12-24(31)25(14-21)32-29(36)23-15-22(26(33)28(35)27(23)34)18-6-5-16-3-1-2-4-17(16)13-18/h1-15,33-35H,(H,32,36). The quantitative estimate of drug-likeness (QED) is 0.166. The zero-order valence-electron chi connectivity index (χ0n) is 19.9. The number of anilines is 1. The first-order valence-electron chi connectivity index (χ1n) is 11.4. The Balaban J connectivity index is 1.52. The van der Waals surface area contributed by atoms with Crippen molar-refractivity contribution in [2.24, 2.45) is 0 Å². The van der Waals surface area contributed by atoms with E-state index in [-0.39, 0.29) is 31.6 Å². The number of carbonyl (C=O) groups excluding carboxylic acids is 1. The van der Waals surface area contributed by atoms with Crippen LogP contribution >= 0.6 is 23.2 Å². The predicted octanol–water partition coefficient (Wildman–Crippen LogP) is 7.02. The van der Waals surface area contributed by atoms with Gasteiger partial charge in [-0.05, 0) is 70.9 Å². The largest absolute Gasteiger partial charge is 0.504 e. The highest BCUT2D eigenvalue weighted by Crippen LogP contribution is 2.45. The minimum atomic E-state index is -3.97. The lowest BCUT2D eigenvalue weighted by Crippen LogP contribution is -2.13. The van der Waals surface area contributed by atoms with Crippen molar-refractivity contribution < 1.29 is 28.5 Å². The molecule has 0 atom stereocenters. The molecular weight excluding hydrogens is 561 g/mol. The third kappa shape index (κ3) is 4.97. The molecule has 0 radical (unpaired) electrons. The number of halogens is 2. The van der Waals surface area contributed by atoms with E-state index in [1.165, 1.54) is 48.5 Å². The SMILES string of the molecule is O=C(Nc1cc(S(=O)(=O)c2ccc(Cl)cc2)ccc1Cl)c1cc(-c2ccc3ccccc3c2)c(O)c(O)c1O. The van der Waals surface area contributed by atoms with Crippen LogP contribution in [-0.4, -0.2) is 29.6 Å². The van der Waals surface area contributed by atoms with Gasteiger partial charge in [0, 0.05) is 10.6 Å². The van der Waals surface area contributed by atoms with Crippen molar-refractivity contribution in [1.82, 2.24) is 0 Å². The van der Waals surface area contributed by atoms with Gasteiger partial charge in [0.25, 0.3) is 5.91 Å². The zero-order chi connectivity index (χ0) is 27.9. The molecule has 0 aliphatic heterocycles. The lowest BCUT2D eigenvalue weighted by molar-refractivity contribution is 0.102. The summed E-state index contributed by atoms with van der Waals surface area (Å²) in [4.78, 5) is 13.1. The molecule has 0 saturated heterocycles. The van der Waals surface area contributed by atoms with Crippen molar-refractivity contribution in [1.29, 1.82) is 0 Å². The molecule has 5 rings (SSSR count). The average Bonchev–Trinajstić information content (AvgIpc) is 2.93. The number of phenols is 3. The summed E-state index contributed by atoms with van der Waals surface area (Å²) in [7, 11) is -3.97. The van der Waals surface area contributed by atoms with Crippen LogP contribution in [0.5, 0.6) is 17.2 Å². The maximum absolute atomic E-state index is 13.2. The molecule has 0 heterocycles. The van der Waals surface area contributed by atoms with E-state index in [1.807, 2.05) is 30.3 Å². The Kier molecular flexibility index (Phi) is 6.86. The van der Waals surface area contributed by atoms with Gasteiger partial charge in [-0.2, -0.15) is 0 Å². The Morgan fingerprint density at radius 1 is 0.692 bits per heavy atom. The number of hydrogen-bond donors (Lipinski definition) is 4. The van der Waals surface area contributed by atoms with Crippen molar-refractivity contribution in [2.45, 2.75) is 9.79 Å². The molecular formula is C29H19Cl2NO6S. The minimum Gasteiger partial charge on any atom is -0.504 e. The van der Waals surface area contributed by atoms with Gasteiger partial charge in [0.05, 0.1) is 26.1 Å². The van der Waals surface area contributed by atoms with E-state index < -0.39 is 33.0 Å². The van der Waals surface area contributed by atoms with Gasteiger partial charge in [-0.15, -0.1) is 0 Å². The molecule has 0 spiro atoms. The van der Waals surface area contributed by atoms with Crippen LogP contribution in [0.1, 0.15) is 10.4 Å². The zero-order valence-corrected chi connectivity index (χ0v) is 22.2. The number of rotatable bonds is 5. The lowest BCUT2D eigenvalue weighted by atomic mass is 9.97. The lowest BCUT2D eigenvalue weighted by Gasteiger charge is -2.14. The van der Waals surface area contributed by atoms with Crippen LogP contribution in [0.2, 0.25) is 10.0 Å². The number of benzene rings is 5. The summed E-state index contributed by atoms with van der Waals surface area (Å²) in [6, 6.07) is 23.4. The highest BCUT2D eigenvalue weighted by molar-refractivity contribution is 7.91. The molecule has 0 saturated carbocycles. The fourth-order valence-corrected chi connectivity index (χ4v) is 5.68. The molecule has 5 aromatic rings. The molecule has 0 aliphatic rings. The Morgan fingerprint density at radius 2 is 1.36 bits per heavy atom. The van der Waals surface area contributed by atoms with Gasteiger partial charge < -0.3 is 20.6 Å². The molecule has 0 fully saturated rings. The number of sulfone groups is 1. The Labute approximate surface area is 233 Å². The maximum Gasteiger partial charge on any atom is 0.259 e. The van der Waals surface area contributed by atoms with E-state index in [0.717, 1.165) is 10.8 Å². The summed E-state index contributed by atoms with van der Waals surface area (Å²) in [6.45, 7) is 0. The van der Waals surface area contributed by atoms with Crippen LogP contribution in [0.3, 0.4) is 0 Å². The number of nitrogens with one attached hydrogen (secondary N) is 1. The summed E-state index contributed by atoms with van der Waals surface area (Å²) >= 11 is 12.1. The van der Waals surface area contributed by atoms with E-state index >= 15 is 0 Å². The topological polar surface area (TPSA) is 124 Å². The van der Waals surface area contributed by atoms with Crippen molar-refractivity contribution in [3.63, 3.8) is 0 Å². The first kappa shape index (κ1) is 26.4. The molecule has 10 heteroatoms. The van der Waals surface area contributed by atoms with Gasteiger partial charge in [0.2, 0.25) is 15.6 Å². The summed E-state index contributed by atoms with van der Waals surface area (Å²) in [5.41, 5.74) is 0.183. The summed E-state index contributed by atoms with van der Waals surface area (Å²) < 4.78 is 26.2.